The van der Waals surface area contributed by atoms with Crippen LogP contribution in [0, 0.1) is 0 Å². The van der Waals surface area contributed by atoms with Crippen molar-refractivity contribution >= 4 is 35.8 Å². The molecule has 0 amide bonds. The molecule has 0 aromatic heterocycles. The molecule has 0 saturated heterocycles. The monoisotopic (exact) mass is 338 g/mol. The van der Waals surface area contributed by atoms with Crippen molar-refractivity contribution in [2.45, 2.75) is 19.7 Å². The fourth-order valence-electron chi connectivity index (χ4n) is 1.48. The molecular formula is C13H17Cl2O4P. The molecule has 0 saturated carbocycles. The van der Waals surface area contributed by atoms with Gasteiger partial charge < -0.3 is 14.2 Å². The number of aliphatic hydroxyl groups excluding tert-OH is 1. The van der Waals surface area contributed by atoms with E-state index >= 15 is 0 Å². The van der Waals surface area contributed by atoms with Gasteiger partial charge in [0.05, 0.1) is 13.2 Å². The van der Waals surface area contributed by atoms with Gasteiger partial charge in [-0.1, -0.05) is 35.3 Å². The van der Waals surface area contributed by atoms with Crippen LogP contribution >= 0.6 is 30.8 Å². The third-order valence-corrected chi connectivity index (χ3v) is 4.99. The van der Waals surface area contributed by atoms with Crippen molar-refractivity contribution in [2.24, 2.45) is 0 Å². The maximum Gasteiger partial charge on any atom is 0.362 e. The van der Waals surface area contributed by atoms with Gasteiger partial charge in [0.1, 0.15) is 0 Å². The molecular weight excluding hydrogens is 322 g/mol. The van der Waals surface area contributed by atoms with E-state index < -0.39 is 13.4 Å². The van der Waals surface area contributed by atoms with Crippen molar-refractivity contribution in [3.8, 4) is 0 Å². The predicted octanol–water partition coefficient (Wildman–Crippen LogP) is 4.50. The van der Waals surface area contributed by atoms with E-state index in [1.54, 1.807) is 38.1 Å². The molecule has 0 aliphatic carbocycles. The number of aliphatic hydroxyl groups is 1. The topological polar surface area (TPSA) is 55.8 Å². The Morgan fingerprint density at radius 3 is 2.25 bits per heavy atom. The molecule has 0 unspecified atom stereocenters. The quantitative estimate of drug-likeness (QED) is 0.743. The summed E-state index contributed by atoms with van der Waals surface area (Å²) in [4.78, 5) is 0. The highest BCUT2D eigenvalue weighted by molar-refractivity contribution is 7.54. The number of hydrogen-bond acceptors (Lipinski definition) is 4. The minimum Gasteiger partial charge on any atom is -0.377 e. The molecule has 0 spiro atoms. The summed E-state index contributed by atoms with van der Waals surface area (Å²) in [5.41, 5.74) is 0.648. The molecule has 7 heteroatoms. The first-order valence-electron chi connectivity index (χ1n) is 6.13. The maximum atomic E-state index is 12.3. The van der Waals surface area contributed by atoms with Crippen LogP contribution in [0.1, 0.15) is 19.4 Å². The lowest BCUT2D eigenvalue weighted by molar-refractivity contribution is 0.169. The molecule has 1 N–H and O–H groups in total. The second-order valence-electron chi connectivity index (χ2n) is 3.81. The summed E-state index contributed by atoms with van der Waals surface area (Å²) in [6.45, 7) is 3.67. The standard InChI is InChI=1S/C13H17Cl2O4P/c1-3-18-20(17,19-4-2)13(16)9-12(15)10-5-7-11(14)8-6-10/h5-9,13,16H,3-4H2,1-2H3/b12-9-/t13-/m1/s1. The number of benzene rings is 1. The van der Waals surface area contributed by atoms with Crippen molar-refractivity contribution in [2.75, 3.05) is 13.2 Å². The molecule has 1 rings (SSSR count). The second-order valence-corrected chi connectivity index (χ2v) is 6.78. The minimum absolute atomic E-state index is 0.167. The first-order valence-corrected chi connectivity index (χ1v) is 8.49. The van der Waals surface area contributed by atoms with Crippen LogP contribution in [0.5, 0.6) is 0 Å². The van der Waals surface area contributed by atoms with Crippen LogP contribution < -0.4 is 0 Å². The summed E-state index contributed by atoms with van der Waals surface area (Å²) in [6.07, 6.45) is 1.25. The van der Waals surface area contributed by atoms with Crippen molar-refractivity contribution in [3.63, 3.8) is 0 Å². The van der Waals surface area contributed by atoms with Gasteiger partial charge >= 0.3 is 7.60 Å². The Hall–Kier alpha value is -0.350. The average Bonchev–Trinajstić information content (AvgIpc) is 2.39. The zero-order valence-corrected chi connectivity index (χ0v) is 13.7. The van der Waals surface area contributed by atoms with Gasteiger partial charge in [0.2, 0.25) is 0 Å². The lowest BCUT2D eigenvalue weighted by Crippen LogP contribution is -2.10. The Bertz CT molecular complexity index is 492. The molecule has 0 aliphatic heterocycles. The van der Waals surface area contributed by atoms with E-state index in [0.29, 0.717) is 10.6 Å². The summed E-state index contributed by atoms with van der Waals surface area (Å²) in [6, 6.07) is 6.73. The van der Waals surface area contributed by atoms with Gasteiger partial charge in [0.25, 0.3) is 0 Å². The molecule has 0 fully saturated rings. The average molecular weight is 339 g/mol. The number of halogens is 2. The van der Waals surface area contributed by atoms with Crippen LogP contribution in [0.25, 0.3) is 5.03 Å². The van der Waals surface area contributed by atoms with Crippen LogP contribution in [-0.2, 0) is 13.6 Å². The van der Waals surface area contributed by atoms with Crippen molar-refractivity contribution in [1.82, 2.24) is 0 Å². The molecule has 0 heterocycles. The molecule has 112 valence electrons. The number of rotatable bonds is 7. The van der Waals surface area contributed by atoms with Crippen LogP contribution in [0.2, 0.25) is 5.02 Å². The van der Waals surface area contributed by atoms with E-state index in [1.807, 2.05) is 0 Å². The Morgan fingerprint density at radius 2 is 1.80 bits per heavy atom. The highest BCUT2D eigenvalue weighted by Gasteiger charge is 2.32. The summed E-state index contributed by atoms with van der Waals surface area (Å²) in [5.74, 6) is -1.43. The highest BCUT2D eigenvalue weighted by Crippen LogP contribution is 2.53. The molecule has 1 aromatic rings. The molecule has 4 nitrogen and oxygen atoms in total. The van der Waals surface area contributed by atoms with E-state index in [9.17, 15) is 9.67 Å². The van der Waals surface area contributed by atoms with Crippen molar-refractivity contribution < 1.29 is 18.7 Å². The Balaban J connectivity index is 2.95. The lowest BCUT2D eigenvalue weighted by atomic mass is 10.2. The SMILES string of the molecule is CCOP(=O)(OCC)[C@@H](O)/C=C(\Cl)c1ccc(Cl)cc1. The van der Waals surface area contributed by atoms with Crippen molar-refractivity contribution in [3.05, 3.63) is 40.9 Å². The molecule has 20 heavy (non-hydrogen) atoms. The first-order chi connectivity index (χ1) is 9.42. The zero-order chi connectivity index (χ0) is 15.2. The second kappa shape index (κ2) is 8.18. The Kier molecular flexibility index (Phi) is 7.24. The summed E-state index contributed by atoms with van der Waals surface area (Å²) in [7, 11) is -3.63. The third kappa shape index (κ3) is 4.88. The molecule has 0 aliphatic rings. The largest absolute Gasteiger partial charge is 0.377 e. The molecule has 1 aromatic carbocycles. The minimum atomic E-state index is -3.63. The zero-order valence-electron chi connectivity index (χ0n) is 11.3. The predicted molar refractivity (Wildman–Crippen MR) is 82.1 cm³/mol. The summed E-state index contributed by atoms with van der Waals surface area (Å²) < 4.78 is 22.4. The normalized spacial score (nSPS) is 14.3. The molecule has 0 radical (unpaired) electrons. The summed E-state index contributed by atoms with van der Waals surface area (Å²) >= 11 is 11.9. The van der Waals surface area contributed by atoms with Crippen LogP contribution in [0.3, 0.4) is 0 Å². The van der Waals surface area contributed by atoms with Crippen LogP contribution in [0.15, 0.2) is 30.3 Å². The van der Waals surface area contributed by atoms with Crippen LogP contribution in [0.4, 0.5) is 0 Å². The van der Waals surface area contributed by atoms with E-state index in [2.05, 4.69) is 0 Å². The van der Waals surface area contributed by atoms with Crippen LogP contribution in [-0.4, -0.2) is 24.2 Å². The first kappa shape index (κ1) is 17.7. The smallest absolute Gasteiger partial charge is 0.362 e. The molecule has 1 atom stereocenters. The van der Waals surface area contributed by atoms with E-state index in [1.165, 1.54) is 6.08 Å². The van der Waals surface area contributed by atoms with Gasteiger partial charge in [-0.25, -0.2) is 0 Å². The van der Waals surface area contributed by atoms with E-state index in [0.717, 1.165) is 0 Å². The fraction of sp³-hybridized carbons (Fsp3) is 0.385. The van der Waals surface area contributed by atoms with Crippen molar-refractivity contribution in [1.29, 1.82) is 0 Å². The molecule has 0 bridgehead atoms. The van der Waals surface area contributed by atoms with Gasteiger partial charge in [0.15, 0.2) is 5.85 Å². The number of hydrogen-bond donors (Lipinski definition) is 1. The van der Waals surface area contributed by atoms with Gasteiger partial charge in [-0.3, -0.25) is 4.57 Å². The van der Waals surface area contributed by atoms with E-state index in [-0.39, 0.29) is 18.2 Å². The van der Waals surface area contributed by atoms with Gasteiger partial charge in [0, 0.05) is 10.1 Å². The van der Waals surface area contributed by atoms with Gasteiger partial charge in [-0.2, -0.15) is 0 Å². The Labute approximate surface area is 128 Å². The van der Waals surface area contributed by atoms with E-state index in [4.69, 9.17) is 32.2 Å². The maximum absolute atomic E-state index is 12.3. The summed E-state index contributed by atoms with van der Waals surface area (Å²) in [5, 5.41) is 10.8. The lowest BCUT2D eigenvalue weighted by Gasteiger charge is -2.20. The highest BCUT2D eigenvalue weighted by atomic mass is 35.5. The van der Waals surface area contributed by atoms with Gasteiger partial charge in [-0.15, -0.1) is 0 Å². The fourth-order valence-corrected chi connectivity index (χ4v) is 3.37. The third-order valence-electron chi connectivity index (χ3n) is 2.36. The Morgan fingerprint density at radius 1 is 1.30 bits per heavy atom. The van der Waals surface area contributed by atoms with Gasteiger partial charge in [-0.05, 0) is 37.6 Å².